The van der Waals surface area contributed by atoms with Crippen molar-refractivity contribution >= 4 is 27.9 Å². The number of rotatable bonds is 7. The van der Waals surface area contributed by atoms with Crippen LogP contribution in [0.5, 0.6) is 0 Å². The summed E-state index contributed by atoms with van der Waals surface area (Å²) in [5.41, 5.74) is 0. The number of hydrogen-bond donors (Lipinski definition) is 2. The second-order valence-corrected chi connectivity index (χ2v) is 8.84. The summed E-state index contributed by atoms with van der Waals surface area (Å²) in [6, 6.07) is 3.48. The Hall–Kier alpha value is -2.53. The van der Waals surface area contributed by atoms with Gasteiger partial charge in [-0.1, -0.05) is 12.8 Å². The van der Waals surface area contributed by atoms with Crippen molar-refractivity contribution in [1.82, 2.24) is 14.9 Å². The lowest BCUT2D eigenvalue weighted by Gasteiger charge is -2.19. The van der Waals surface area contributed by atoms with Gasteiger partial charge in [0.1, 0.15) is 12.4 Å². The van der Waals surface area contributed by atoms with Crippen molar-refractivity contribution in [2.45, 2.75) is 49.6 Å². The molecule has 0 aromatic heterocycles. The number of carbonyl (C=O) groups is 3. The number of likely N-dealkylation sites (N-methyl/N-ethyl adjacent to an activating group) is 1. The van der Waals surface area contributed by atoms with Gasteiger partial charge in [-0.3, -0.25) is 14.9 Å². The summed E-state index contributed by atoms with van der Waals surface area (Å²) < 4.78 is 43.3. The maximum atomic E-state index is 13.0. The van der Waals surface area contributed by atoms with Crippen molar-refractivity contribution in [3.63, 3.8) is 0 Å². The van der Waals surface area contributed by atoms with Gasteiger partial charge < -0.3 is 10.1 Å². The van der Waals surface area contributed by atoms with Gasteiger partial charge in [0, 0.05) is 13.1 Å². The van der Waals surface area contributed by atoms with E-state index in [1.54, 1.807) is 0 Å². The van der Waals surface area contributed by atoms with Gasteiger partial charge in [0.2, 0.25) is 10.0 Å². The number of carbonyl (C=O) groups excluding carboxylic acids is 3. The highest BCUT2D eigenvalue weighted by Gasteiger charge is 2.26. The van der Waals surface area contributed by atoms with E-state index in [2.05, 4.69) is 10.6 Å². The predicted molar refractivity (Wildman–Crippen MR) is 101 cm³/mol. The van der Waals surface area contributed by atoms with E-state index in [0.29, 0.717) is 0 Å². The van der Waals surface area contributed by atoms with Crippen molar-refractivity contribution in [2.75, 3.05) is 13.6 Å². The van der Waals surface area contributed by atoms with Crippen LogP contribution < -0.4 is 10.6 Å². The molecule has 0 heterocycles. The first-order valence-electron chi connectivity index (χ1n) is 9.12. The monoisotopic (exact) mass is 429 g/mol. The van der Waals surface area contributed by atoms with Crippen LogP contribution in [0.1, 0.15) is 32.6 Å². The maximum absolute atomic E-state index is 13.0. The summed E-state index contributed by atoms with van der Waals surface area (Å²) in [4.78, 5) is 35.6. The van der Waals surface area contributed by atoms with Crippen molar-refractivity contribution in [3.05, 3.63) is 30.1 Å². The highest BCUT2D eigenvalue weighted by Crippen LogP contribution is 2.17. The Morgan fingerprint density at radius 2 is 1.79 bits per heavy atom. The molecule has 2 rings (SSSR count). The predicted octanol–water partition coefficient (Wildman–Crippen LogP) is 1.15. The number of hydrogen-bond acceptors (Lipinski definition) is 6. The minimum atomic E-state index is -4.04. The molecule has 0 aliphatic heterocycles. The molecule has 1 aliphatic rings. The van der Waals surface area contributed by atoms with Gasteiger partial charge in [-0.15, -0.1) is 0 Å². The molecular weight excluding hydrogens is 405 g/mol. The number of sulfonamides is 1. The van der Waals surface area contributed by atoms with Gasteiger partial charge in [0.25, 0.3) is 5.91 Å². The zero-order valence-corrected chi connectivity index (χ0v) is 17.0. The van der Waals surface area contributed by atoms with Crippen LogP contribution in [0, 0.1) is 5.82 Å². The number of esters is 1. The topological polar surface area (TPSA) is 122 Å². The first-order chi connectivity index (χ1) is 13.6. The molecule has 9 nitrogen and oxygen atoms in total. The van der Waals surface area contributed by atoms with Crippen LogP contribution >= 0.6 is 0 Å². The van der Waals surface area contributed by atoms with Gasteiger partial charge in [-0.2, -0.15) is 4.31 Å². The molecule has 0 bridgehead atoms. The van der Waals surface area contributed by atoms with E-state index < -0.39 is 46.4 Å². The van der Waals surface area contributed by atoms with Crippen LogP contribution in [0.25, 0.3) is 0 Å². The molecule has 1 aromatic rings. The van der Waals surface area contributed by atoms with E-state index in [0.717, 1.165) is 61.3 Å². The molecule has 2 N–H and O–H groups in total. The quantitative estimate of drug-likeness (QED) is 0.627. The second kappa shape index (κ2) is 9.79. The number of nitrogens with zero attached hydrogens (tertiary/aromatic N) is 1. The zero-order valence-electron chi connectivity index (χ0n) is 16.2. The summed E-state index contributed by atoms with van der Waals surface area (Å²) >= 11 is 0. The van der Waals surface area contributed by atoms with E-state index in [1.165, 1.54) is 6.92 Å². The maximum Gasteiger partial charge on any atom is 0.322 e. The van der Waals surface area contributed by atoms with Crippen molar-refractivity contribution in [1.29, 1.82) is 0 Å². The average Bonchev–Trinajstić information content (AvgIpc) is 3.14. The van der Waals surface area contributed by atoms with E-state index in [4.69, 9.17) is 4.74 Å². The molecule has 1 saturated carbocycles. The minimum Gasteiger partial charge on any atom is -0.452 e. The summed E-state index contributed by atoms with van der Waals surface area (Å²) in [5.74, 6) is -2.39. The van der Waals surface area contributed by atoms with Crippen LogP contribution in [0.3, 0.4) is 0 Å². The molecule has 0 spiro atoms. The largest absolute Gasteiger partial charge is 0.452 e. The lowest BCUT2D eigenvalue weighted by atomic mass is 10.2. The third kappa shape index (κ3) is 6.50. The van der Waals surface area contributed by atoms with Crippen LogP contribution in [-0.2, 0) is 24.3 Å². The van der Waals surface area contributed by atoms with Crippen LogP contribution in [0.2, 0.25) is 0 Å². The van der Waals surface area contributed by atoms with Gasteiger partial charge in [0.05, 0.1) is 4.90 Å². The highest BCUT2D eigenvalue weighted by atomic mass is 32.2. The molecule has 1 unspecified atom stereocenters. The molecular formula is C18H24FN3O6S. The summed E-state index contributed by atoms with van der Waals surface area (Å²) in [6.07, 6.45) is 2.43. The third-order valence-corrected chi connectivity index (χ3v) is 6.30. The fraction of sp³-hybridized carbons (Fsp3) is 0.500. The SMILES string of the molecule is CC(OC(=O)CN(C)S(=O)(=O)c1ccc(F)cc1)C(=O)NC(=O)NC1CCCC1. The molecule has 1 aromatic carbocycles. The summed E-state index contributed by atoms with van der Waals surface area (Å²) in [6.45, 7) is 0.607. The highest BCUT2D eigenvalue weighted by molar-refractivity contribution is 7.89. The Labute approximate surface area is 168 Å². The van der Waals surface area contributed by atoms with Crippen LogP contribution in [0.4, 0.5) is 9.18 Å². The van der Waals surface area contributed by atoms with Gasteiger partial charge in [-0.05, 0) is 44.0 Å². The van der Waals surface area contributed by atoms with Crippen molar-refractivity contribution < 1.29 is 31.9 Å². The Morgan fingerprint density at radius 3 is 2.38 bits per heavy atom. The molecule has 11 heteroatoms. The molecule has 0 saturated heterocycles. The van der Waals surface area contributed by atoms with E-state index in [-0.39, 0.29) is 10.9 Å². The number of nitrogens with one attached hydrogen (secondary N) is 2. The molecule has 3 amide bonds. The Morgan fingerprint density at radius 1 is 1.21 bits per heavy atom. The third-order valence-electron chi connectivity index (χ3n) is 4.48. The van der Waals surface area contributed by atoms with Gasteiger partial charge in [-0.25, -0.2) is 17.6 Å². The van der Waals surface area contributed by atoms with Crippen molar-refractivity contribution in [3.8, 4) is 0 Å². The van der Waals surface area contributed by atoms with Crippen molar-refractivity contribution in [2.24, 2.45) is 0 Å². The Bertz CT molecular complexity index is 853. The lowest BCUT2D eigenvalue weighted by molar-refractivity contribution is -0.154. The second-order valence-electron chi connectivity index (χ2n) is 6.79. The smallest absolute Gasteiger partial charge is 0.322 e. The molecule has 29 heavy (non-hydrogen) atoms. The number of benzene rings is 1. The average molecular weight is 429 g/mol. The number of halogens is 1. The van der Waals surface area contributed by atoms with Crippen LogP contribution in [0.15, 0.2) is 29.2 Å². The van der Waals surface area contributed by atoms with E-state index >= 15 is 0 Å². The molecule has 1 aliphatic carbocycles. The fourth-order valence-corrected chi connectivity index (χ4v) is 3.96. The molecule has 1 fully saturated rings. The molecule has 0 radical (unpaired) electrons. The Kier molecular flexibility index (Phi) is 7.68. The number of ether oxygens (including phenoxy) is 1. The lowest BCUT2D eigenvalue weighted by Crippen LogP contribution is -2.47. The number of urea groups is 1. The van der Waals surface area contributed by atoms with E-state index in [9.17, 15) is 27.2 Å². The minimum absolute atomic E-state index is 0.0194. The normalized spacial score (nSPS) is 15.7. The summed E-state index contributed by atoms with van der Waals surface area (Å²) in [7, 11) is -2.89. The molecule has 1 atom stereocenters. The summed E-state index contributed by atoms with van der Waals surface area (Å²) in [5, 5.41) is 4.76. The van der Waals surface area contributed by atoms with Gasteiger partial charge in [0.15, 0.2) is 6.10 Å². The number of amides is 3. The first kappa shape index (κ1) is 22.8. The van der Waals surface area contributed by atoms with E-state index in [1.807, 2.05) is 0 Å². The first-order valence-corrected chi connectivity index (χ1v) is 10.6. The molecule has 160 valence electrons. The fourth-order valence-electron chi connectivity index (χ4n) is 2.85. The van der Waals surface area contributed by atoms with Crippen LogP contribution in [-0.4, -0.2) is 56.4 Å². The van der Waals surface area contributed by atoms with Gasteiger partial charge >= 0.3 is 12.0 Å². The Balaban J connectivity index is 1.84. The standard InChI is InChI=1S/C18H24FN3O6S/c1-12(17(24)21-18(25)20-14-5-3-4-6-14)28-16(23)11-22(2)29(26,27)15-9-7-13(19)8-10-15/h7-10,12,14H,3-6,11H2,1-2H3,(H2,20,21,24,25). The number of imide groups is 1. The zero-order chi connectivity index (χ0) is 21.6.